The first-order valence-corrected chi connectivity index (χ1v) is 12.1. The Morgan fingerprint density at radius 2 is 1.64 bits per heavy atom. The highest BCUT2D eigenvalue weighted by Gasteiger charge is 2.24. The SMILES string of the molecule is COc1cc(NC(=O)c2cccc(S(=O)(=O)NC3CCCC3)c2)c(C(=O)N(C)C)cc1OC. The third-order valence-corrected chi connectivity index (χ3v) is 7.01. The topological polar surface area (TPSA) is 114 Å². The second kappa shape index (κ2) is 10.2. The van der Waals surface area contributed by atoms with Gasteiger partial charge in [0.25, 0.3) is 11.8 Å². The molecule has 3 rings (SSSR count). The largest absolute Gasteiger partial charge is 0.493 e. The molecule has 0 atom stereocenters. The van der Waals surface area contributed by atoms with Gasteiger partial charge in [-0.3, -0.25) is 9.59 Å². The van der Waals surface area contributed by atoms with E-state index >= 15 is 0 Å². The van der Waals surface area contributed by atoms with E-state index in [2.05, 4.69) is 10.0 Å². The molecular formula is C23H29N3O6S. The summed E-state index contributed by atoms with van der Waals surface area (Å²) in [6, 6.07) is 8.70. The summed E-state index contributed by atoms with van der Waals surface area (Å²) < 4.78 is 38.8. The molecule has 0 radical (unpaired) electrons. The highest BCUT2D eigenvalue weighted by molar-refractivity contribution is 7.89. The number of methoxy groups -OCH3 is 2. The van der Waals surface area contributed by atoms with Crippen LogP contribution in [0.4, 0.5) is 5.69 Å². The van der Waals surface area contributed by atoms with Crippen molar-refractivity contribution in [2.45, 2.75) is 36.6 Å². The fraction of sp³-hybridized carbons (Fsp3) is 0.391. The smallest absolute Gasteiger partial charge is 0.255 e. The summed E-state index contributed by atoms with van der Waals surface area (Å²) in [4.78, 5) is 27.1. The van der Waals surface area contributed by atoms with Gasteiger partial charge >= 0.3 is 0 Å². The molecule has 0 spiro atoms. The van der Waals surface area contributed by atoms with Gasteiger partial charge in [-0.1, -0.05) is 18.9 Å². The molecule has 0 heterocycles. The van der Waals surface area contributed by atoms with Crippen molar-refractivity contribution in [3.63, 3.8) is 0 Å². The van der Waals surface area contributed by atoms with Crippen LogP contribution in [0.15, 0.2) is 41.3 Å². The highest BCUT2D eigenvalue weighted by Crippen LogP contribution is 2.34. The van der Waals surface area contributed by atoms with Gasteiger partial charge in [0.05, 0.1) is 30.4 Å². The summed E-state index contributed by atoms with van der Waals surface area (Å²) in [5.41, 5.74) is 0.564. The molecule has 2 aromatic carbocycles. The van der Waals surface area contributed by atoms with E-state index in [4.69, 9.17) is 9.47 Å². The van der Waals surface area contributed by atoms with Crippen molar-refractivity contribution in [2.75, 3.05) is 33.6 Å². The molecule has 178 valence electrons. The van der Waals surface area contributed by atoms with E-state index in [0.717, 1.165) is 25.7 Å². The van der Waals surface area contributed by atoms with E-state index in [-0.39, 0.29) is 33.7 Å². The quantitative estimate of drug-likeness (QED) is 0.607. The number of nitrogens with zero attached hydrogens (tertiary/aromatic N) is 1. The molecule has 0 saturated heterocycles. The number of nitrogens with one attached hydrogen (secondary N) is 2. The Labute approximate surface area is 194 Å². The zero-order valence-corrected chi connectivity index (χ0v) is 20.0. The lowest BCUT2D eigenvalue weighted by Crippen LogP contribution is -2.32. The molecule has 33 heavy (non-hydrogen) atoms. The molecule has 0 aliphatic heterocycles. The van der Waals surface area contributed by atoms with Crippen LogP contribution in [0.1, 0.15) is 46.4 Å². The second-order valence-corrected chi connectivity index (χ2v) is 9.75. The normalized spacial score (nSPS) is 14.1. The maximum Gasteiger partial charge on any atom is 0.255 e. The summed E-state index contributed by atoms with van der Waals surface area (Å²) in [7, 11) is 2.33. The average molecular weight is 476 g/mol. The summed E-state index contributed by atoms with van der Waals surface area (Å²) in [6.07, 6.45) is 3.60. The van der Waals surface area contributed by atoms with Gasteiger partial charge in [0.1, 0.15) is 0 Å². The fourth-order valence-corrected chi connectivity index (χ4v) is 5.08. The lowest BCUT2D eigenvalue weighted by Gasteiger charge is -2.18. The zero-order chi connectivity index (χ0) is 24.2. The third-order valence-electron chi connectivity index (χ3n) is 5.49. The van der Waals surface area contributed by atoms with Crippen LogP contribution in [0.25, 0.3) is 0 Å². The highest BCUT2D eigenvalue weighted by atomic mass is 32.2. The molecule has 1 saturated carbocycles. The number of carbonyl (C=O) groups excluding carboxylic acids is 2. The number of rotatable bonds is 8. The van der Waals surface area contributed by atoms with E-state index in [9.17, 15) is 18.0 Å². The predicted molar refractivity (Wildman–Crippen MR) is 125 cm³/mol. The molecule has 2 N–H and O–H groups in total. The first kappa shape index (κ1) is 24.5. The standard InChI is InChI=1S/C23H29N3O6S/c1-26(2)23(28)18-13-20(31-3)21(32-4)14-19(18)24-22(27)15-8-7-11-17(12-15)33(29,30)25-16-9-5-6-10-16/h7-8,11-14,16,25H,5-6,9-10H2,1-4H3,(H,24,27). The molecule has 1 fully saturated rings. The fourth-order valence-electron chi connectivity index (χ4n) is 3.73. The zero-order valence-electron chi connectivity index (χ0n) is 19.2. The van der Waals surface area contributed by atoms with Crippen LogP contribution in [0.2, 0.25) is 0 Å². The molecule has 0 aromatic heterocycles. The van der Waals surface area contributed by atoms with Gasteiger partial charge in [0.15, 0.2) is 11.5 Å². The number of amides is 2. The Morgan fingerprint density at radius 1 is 1.00 bits per heavy atom. The van der Waals surface area contributed by atoms with Crippen molar-refractivity contribution in [3.8, 4) is 11.5 Å². The molecule has 1 aliphatic rings. The van der Waals surface area contributed by atoms with Crippen molar-refractivity contribution in [1.82, 2.24) is 9.62 Å². The average Bonchev–Trinajstić information content (AvgIpc) is 3.30. The molecule has 0 bridgehead atoms. The maximum atomic E-state index is 13.0. The van der Waals surface area contributed by atoms with Gasteiger partial charge in [0.2, 0.25) is 10.0 Å². The van der Waals surface area contributed by atoms with Crippen LogP contribution in [0, 0.1) is 0 Å². The summed E-state index contributed by atoms with van der Waals surface area (Å²) in [5, 5.41) is 2.70. The van der Waals surface area contributed by atoms with Crippen LogP contribution >= 0.6 is 0 Å². The minimum absolute atomic E-state index is 0.0129. The van der Waals surface area contributed by atoms with Crippen molar-refractivity contribution >= 4 is 27.5 Å². The number of ether oxygens (including phenoxy) is 2. The molecular weight excluding hydrogens is 446 g/mol. The van der Waals surface area contributed by atoms with Crippen LogP contribution in [-0.4, -0.2) is 59.5 Å². The summed E-state index contributed by atoms with van der Waals surface area (Å²) >= 11 is 0. The van der Waals surface area contributed by atoms with E-state index < -0.39 is 15.9 Å². The molecule has 2 amide bonds. The number of hydrogen-bond acceptors (Lipinski definition) is 6. The van der Waals surface area contributed by atoms with Crippen LogP contribution in [-0.2, 0) is 10.0 Å². The van der Waals surface area contributed by atoms with Crippen molar-refractivity contribution in [1.29, 1.82) is 0 Å². The van der Waals surface area contributed by atoms with Crippen molar-refractivity contribution in [3.05, 3.63) is 47.5 Å². The number of sulfonamides is 1. The number of benzene rings is 2. The molecule has 9 nitrogen and oxygen atoms in total. The van der Waals surface area contributed by atoms with Gasteiger partial charge < -0.3 is 19.7 Å². The lowest BCUT2D eigenvalue weighted by molar-refractivity contribution is 0.0828. The Bertz CT molecular complexity index is 1140. The number of anilines is 1. The molecule has 1 aliphatic carbocycles. The monoisotopic (exact) mass is 475 g/mol. The van der Waals surface area contributed by atoms with Crippen molar-refractivity contribution < 1.29 is 27.5 Å². The van der Waals surface area contributed by atoms with Crippen LogP contribution in [0.3, 0.4) is 0 Å². The van der Waals surface area contributed by atoms with Gasteiger partial charge in [0, 0.05) is 31.8 Å². The van der Waals surface area contributed by atoms with Gasteiger partial charge in [-0.05, 0) is 37.1 Å². The minimum atomic E-state index is -3.75. The van der Waals surface area contributed by atoms with E-state index in [0.29, 0.717) is 11.5 Å². The lowest BCUT2D eigenvalue weighted by atomic mass is 10.1. The Hall–Kier alpha value is -3.11. The minimum Gasteiger partial charge on any atom is -0.493 e. The molecule has 0 unspecified atom stereocenters. The number of carbonyl (C=O) groups is 2. The van der Waals surface area contributed by atoms with Gasteiger partial charge in [-0.25, -0.2) is 13.1 Å². The van der Waals surface area contributed by atoms with Crippen LogP contribution in [0.5, 0.6) is 11.5 Å². The first-order chi connectivity index (χ1) is 15.7. The maximum absolute atomic E-state index is 13.0. The van der Waals surface area contributed by atoms with E-state index in [1.54, 1.807) is 14.1 Å². The van der Waals surface area contributed by atoms with Crippen LogP contribution < -0.4 is 19.5 Å². The van der Waals surface area contributed by atoms with E-state index in [1.165, 1.54) is 55.5 Å². The number of hydrogen-bond donors (Lipinski definition) is 2. The Kier molecular flexibility index (Phi) is 7.60. The molecule has 10 heteroatoms. The predicted octanol–water partition coefficient (Wildman–Crippen LogP) is 2.88. The summed E-state index contributed by atoms with van der Waals surface area (Å²) in [5.74, 6) is -0.233. The van der Waals surface area contributed by atoms with Crippen molar-refractivity contribution in [2.24, 2.45) is 0 Å². The molecule has 2 aromatic rings. The Balaban J connectivity index is 1.91. The summed E-state index contributed by atoms with van der Waals surface area (Å²) in [6.45, 7) is 0. The second-order valence-electron chi connectivity index (χ2n) is 8.04. The third kappa shape index (κ3) is 5.63. The van der Waals surface area contributed by atoms with E-state index in [1.807, 2.05) is 0 Å². The first-order valence-electron chi connectivity index (χ1n) is 10.6. The Morgan fingerprint density at radius 3 is 2.24 bits per heavy atom. The van der Waals surface area contributed by atoms with Gasteiger partial charge in [-0.2, -0.15) is 0 Å². The van der Waals surface area contributed by atoms with Gasteiger partial charge in [-0.15, -0.1) is 0 Å².